The molecule has 0 aromatic heterocycles. The summed E-state index contributed by atoms with van der Waals surface area (Å²) in [5.74, 6) is 0.688. The minimum atomic E-state index is 0.688. The van der Waals surface area contributed by atoms with E-state index in [2.05, 4.69) is 24.8 Å². The Bertz CT molecular complexity index is 437. The highest BCUT2D eigenvalue weighted by Crippen LogP contribution is 2.25. The van der Waals surface area contributed by atoms with Crippen LogP contribution in [-0.4, -0.2) is 0 Å². The number of nitrogen functional groups attached to an aromatic ring is 1. The minimum Gasteiger partial charge on any atom is -0.398 e. The number of hydrogen-bond donors (Lipinski definition) is 2. The second-order valence-electron chi connectivity index (χ2n) is 3.01. The predicted octanol–water partition coefficient (Wildman–Crippen LogP) is 2.85. The Balaban J connectivity index is 2.84. The van der Waals surface area contributed by atoms with Crippen LogP contribution in [0.4, 0.5) is 5.69 Å². The third kappa shape index (κ3) is 1.38. The Morgan fingerprint density at radius 2 is 1.85 bits per heavy atom. The molecule has 0 unspecified atom stereocenters. The topological polar surface area (TPSA) is 26.0 Å². The normalized spacial score (nSPS) is 10.5. The number of anilines is 1. The van der Waals surface area contributed by atoms with E-state index in [1.165, 1.54) is 10.8 Å². The SMILES string of the molecule is Nc1ccc2ccccc2c1CS. The van der Waals surface area contributed by atoms with Crippen LogP contribution in [0.5, 0.6) is 0 Å². The lowest BCUT2D eigenvalue weighted by atomic mass is 10.0. The van der Waals surface area contributed by atoms with Gasteiger partial charge in [-0.15, -0.1) is 0 Å². The van der Waals surface area contributed by atoms with Gasteiger partial charge in [-0.1, -0.05) is 30.3 Å². The molecule has 0 amide bonds. The second kappa shape index (κ2) is 3.30. The van der Waals surface area contributed by atoms with Crippen LogP contribution in [0, 0.1) is 0 Å². The summed E-state index contributed by atoms with van der Waals surface area (Å²) in [6.07, 6.45) is 0. The summed E-state index contributed by atoms with van der Waals surface area (Å²) in [5.41, 5.74) is 7.80. The lowest BCUT2D eigenvalue weighted by Gasteiger charge is -2.06. The minimum absolute atomic E-state index is 0.688. The fourth-order valence-electron chi connectivity index (χ4n) is 1.53. The zero-order chi connectivity index (χ0) is 9.26. The van der Waals surface area contributed by atoms with E-state index in [4.69, 9.17) is 5.73 Å². The van der Waals surface area contributed by atoms with Crippen LogP contribution in [0.25, 0.3) is 10.8 Å². The summed E-state index contributed by atoms with van der Waals surface area (Å²) in [6, 6.07) is 12.2. The molecule has 0 bridgehead atoms. The number of benzene rings is 2. The number of fused-ring (bicyclic) bond motifs is 1. The third-order valence-corrected chi connectivity index (χ3v) is 2.55. The zero-order valence-corrected chi connectivity index (χ0v) is 8.09. The Labute approximate surface area is 83.0 Å². The van der Waals surface area contributed by atoms with Crippen molar-refractivity contribution in [2.24, 2.45) is 0 Å². The fourth-order valence-corrected chi connectivity index (χ4v) is 1.88. The highest BCUT2D eigenvalue weighted by molar-refractivity contribution is 7.79. The van der Waals surface area contributed by atoms with Crippen molar-refractivity contribution < 1.29 is 0 Å². The number of hydrogen-bond acceptors (Lipinski definition) is 2. The van der Waals surface area contributed by atoms with Crippen molar-refractivity contribution >= 4 is 29.1 Å². The Kier molecular flexibility index (Phi) is 2.15. The van der Waals surface area contributed by atoms with Gasteiger partial charge in [0, 0.05) is 11.4 Å². The lowest BCUT2D eigenvalue weighted by Crippen LogP contribution is -1.92. The molecule has 0 aliphatic carbocycles. The summed E-state index contributed by atoms with van der Waals surface area (Å²) < 4.78 is 0. The van der Waals surface area contributed by atoms with E-state index in [9.17, 15) is 0 Å². The molecule has 2 aromatic carbocycles. The molecule has 0 spiro atoms. The average Bonchev–Trinajstić information content (AvgIpc) is 2.18. The first kappa shape index (κ1) is 8.45. The summed E-state index contributed by atoms with van der Waals surface area (Å²) in [5, 5.41) is 2.43. The van der Waals surface area contributed by atoms with Gasteiger partial charge in [-0.2, -0.15) is 12.6 Å². The van der Waals surface area contributed by atoms with Gasteiger partial charge < -0.3 is 5.73 Å². The molecule has 0 saturated heterocycles. The van der Waals surface area contributed by atoms with Gasteiger partial charge in [0.2, 0.25) is 0 Å². The van der Waals surface area contributed by atoms with Crippen molar-refractivity contribution in [3.8, 4) is 0 Å². The van der Waals surface area contributed by atoms with E-state index in [0.29, 0.717) is 5.75 Å². The molecular formula is C11H11NS. The van der Waals surface area contributed by atoms with Gasteiger partial charge in [0.25, 0.3) is 0 Å². The van der Waals surface area contributed by atoms with Gasteiger partial charge >= 0.3 is 0 Å². The molecule has 0 aliphatic rings. The largest absolute Gasteiger partial charge is 0.398 e. The van der Waals surface area contributed by atoms with Crippen LogP contribution in [0.1, 0.15) is 5.56 Å². The van der Waals surface area contributed by atoms with Crippen molar-refractivity contribution in [1.29, 1.82) is 0 Å². The van der Waals surface area contributed by atoms with Gasteiger partial charge in [-0.3, -0.25) is 0 Å². The third-order valence-electron chi connectivity index (χ3n) is 2.23. The first-order chi connectivity index (χ1) is 6.33. The fraction of sp³-hybridized carbons (Fsp3) is 0.0909. The molecule has 0 fully saturated rings. The summed E-state index contributed by atoms with van der Waals surface area (Å²) in [4.78, 5) is 0. The van der Waals surface area contributed by atoms with Crippen molar-refractivity contribution in [3.63, 3.8) is 0 Å². The highest BCUT2D eigenvalue weighted by atomic mass is 32.1. The summed E-state index contributed by atoms with van der Waals surface area (Å²) >= 11 is 4.28. The van der Waals surface area contributed by atoms with Gasteiger partial charge in [-0.05, 0) is 22.4 Å². The maximum atomic E-state index is 5.85. The molecule has 1 nitrogen and oxygen atoms in total. The predicted molar refractivity (Wildman–Crippen MR) is 61.1 cm³/mol. The van der Waals surface area contributed by atoms with Crippen LogP contribution in [0.2, 0.25) is 0 Å². The van der Waals surface area contributed by atoms with Crippen LogP contribution in [0.3, 0.4) is 0 Å². The van der Waals surface area contributed by atoms with Crippen LogP contribution >= 0.6 is 12.6 Å². The molecule has 2 heteroatoms. The monoisotopic (exact) mass is 189 g/mol. The molecule has 66 valence electrons. The second-order valence-corrected chi connectivity index (χ2v) is 3.33. The molecule has 0 atom stereocenters. The standard InChI is InChI=1S/C11H11NS/c12-11-6-5-8-3-1-2-4-9(8)10(11)7-13/h1-6,13H,7,12H2. The molecule has 13 heavy (non-hydrogen) atoms. The number of nitrogens with two attached hydrogens (primary N) is 1. The van der Waals surface area contributed by atoms with E-state index >= 15 is 0 Å². The maximum absolute atomic E-state index is 5.85. The van der Waals surface area contributed by atoms with Gasteiger partial charge in [-0.25, -0.2) is 0 Å². The van der Waals surface area contributed by atoms with Crippen LogP contribution in [0.15, 0.2) is 36.4 Å². The smallest absolute Gasteiger partial charge is 0.0361 e. The lowest BCUT2D eigenvalue weighted by molar-refractivity contribution is 1.48. The van der Waals surface area contributed by atoms with E-state index < -0.39 is 0 Å². The van der Waals surface area contributed by atoms with Crippen LogP contribution in [-0.2, 0) is 5.75 Å². The molecule has 2 N–H and O–H groups in total. The Morgan fingerprint density at radius 1 is 1.08 bits per heavy atom. The van der Waals surface area contributed by atoms with Crippen molar-refractivity contribution in [1.82, 2.24) is 0 Å². The van der Waals surface area contributed by atoms with Crippen molar-refractivity contribution in [3.05, 3.63) is 42.0 Å². The average molecular weight is 189 g/mol. The van der Waals surface area contributed by atoms with E-state index in [-0.39, 0.29) is 0 Å². The zero-order valence-electron chi connectivity index (χ0n) is 7.20. The summed E-state index contributed by atoms with van der Waals surface area (Å²) in [7, 11) is 0. The van der Waals surface area contributed by atoms with Crippen LogP contribution < -0.4 is 5.73 Å². The highest BCUT2D eigenvalue weighted by Gasteiger charge is 2.01. The quantitative estimate of drug-likeness (QED) is 0.523. The summed E-state index contributed by atoms with van der Waals surface area (Å²) in [6.45, 7) is 0. The maximum Gasteiger partial charge on any atom is 0.0361 e. The van der Waals surface area contributed by atoms with Gasteiger partial charge in [0.1, 0.15) is 0 Å². The van der Waals surface area contributed by atoms with E-state index in [0.717, 1.165) is 11.3 Å². The molecule has 2 rings (SSSR count). The van der Waals surface area contributed by atoms with Crippen molar-refractivity contribution in [2.75, 3.05) is 5.73 Å². The van der Waals surface area contributed by atoms with Crippen molar-refractivity contribution in [2.45, 2.75) is 5.75 Å². The number of rotatable bonds is 1. The van der Waals surface area contributed by atoms with Gasteiger partial charge in [0.05, 0.1) is 0 Å². The Hall–Kier alpha value is -1.15. The number of thiol groups is 1. The first-order valence-electron chi connectivity index (χ1n) is 4.20. The molecule has 2 aromatic rings. The Morgan fingerprint density at radius 3 is 2.62 bits per heavy atom. The molecular weight excluding hydrogens is 178 g/mol. The molecule has 0 saturated carbocycles. The molecule has 0 aliphatic heterocycles. The van der Waals surface area contributed by atoms with E-state index in [1.807, 2.05) is 24.3 Å². The molecule has 0 heterocycles. The first-order valence-corrected chi connectivity index (χ1v) is 4.83. The molecule has 0 radical (unpaired) electrons. The van der Waals surface area contributed by atoms with Gasteiger partial charge in [0.15, 0.2) is 0 Å². The van der Waals surface area contributed by atoms with E-state index in [1.54, 1.807) is 0 Å².